The molecule has 0 radical (unpaired) electrons. The monoisotopic (exact) mass is 626 g/mol. The molecule has 0 spiro atoms. The zero-order valence-electron chi connectivity index (χ0n) is 29.3. The molecule has 10 nitrogen and oxygen atoms in total. The fraction of sp³-hybridized carbons (Fsp3) is 0.444. The molecule has 5 rings (SSSR count). The van der Waals surface area contributed by atoms with Gasteiger partial charge in [0.05, 0.1) is 51.0 Å². The minimum atomic E-state index is 0. The molecule has 1 fully saturated rings. The first kappa shape index (κ1) is 36.1. The summed E-state index contributed by atoms with van der Waals surface area (Å²) >= 11 is 0. The van der Waals surface area contributed by atoms with Gasteiger partial charge in [0, 0.05) is 47.8 Å². The largest absolute Gasteiger partial charge is 0.421 e. The Morgan fingerprint density at radius 3 is 1.30 bits per heavy atom. The van der Waals surface area contributed by atoms with Gasteiger partial charge in [-0.25, -0.2) is 18.3 Å². The average Bonchev–Trinajstić information content (AvgIpc) is 3.62. The number of azo groups is 2. The number of hydrogen-bond donors (Lipinski definition) is 0. The van der Waals surface area contributed by atoms with E-state index in [0.29, 0.717) is 0 Å². The molecule has 248 valence electrons. The third-order valence-corrected chi connectivity index (χ3v) is 8.54. The summed E-state index contributed by atoms with van der Waals surface area (Å²) in [5, 5.41) is 18.5. The van der Waals surface area contributed by atoms with Crippen LogP contribution in [0.5, 0.6) is 0 Å². The van der Waals surface area contributed by atoms with Gasteiger partial charge in [-0.15, -0.1) is 0 Å². The Hall–Kier alpha value is -4.34. The smallest absolute Gasteiger partial charge is 0.371 e. The van der Waals surface area contributed by atoms with Crippen LogP contribution in [-0.4, -0.2) is 35.3 Å². The molecule has 0 saturated carbocycles. The fourth-order valence-electron chi connectivity index (χ4n) is 5.87. The van der Waals surface area contributed by atoms with Crippen LogP contribution in [0.1, 0.15) is 51.7 Å². The summed E-state index contributed by atoms with van der Waals surface area (Å²) in [4.78, 5) is 5.03. The van der Waals surface area contributed by atoms with Crippen molar-refractivity contribution < 1.29 is 9.13 Å². The summed E-state index contributed by atoms with van der Waals surface area (Å²) in [6.45, 7) is 20.4. The van der Waals surface area contributed by atoms with Gasteiger partial charge in [-0.3, -0.25) is 0 Å². The van der Waals surface area contributed by atoms with E-state index < -0.39 is 0 Å². The van der Waals surface area contributed by atoms with Gasteiger partial charge >= 0.3 is 11.9 Å². The van der Waals surface area contributed by atoms with Crippen LogP contribution in [0.2, 0.25) is 0 Å². The lowest BCUT2D eigenvalue weighted by molar-refractivity contribution is -0.680. The highest BCUT2D eigenvalue weighted by Gasteiger charge is 2.18. The number of anilines is 2. The SMILES string of the molecule is CCn1cc[n+](CC)c1N=Nc1ccc(N2CCCN(c3ccc(N=Nc4n(CC)cc[n+]4CC)c(C)c3)CCC2)cc1C.[CH3-].[CH3-]. The summed E-state index contributed by atoms with van der Waals surface area (Å²) in [5.41, 5.74) is 6.65. The molecule has 10 heteroatoms. The third kappa shape index (κ3) is 8.08. The average molecular weight is 627 g/mol. The van der Waals surface area contributed by atoms with Crippen LogP contribution >= 0.6 is 0 Å². The van der Waals surface area contributed by atoms with Gasteiger partial charge in [-0.1, -0.05) is 10.2 Å². The Kier molecular flexibility index (Phi) is 13.2. The highest BCUT2D eigenvalue weighted by atomic mass is 15.3. The molecule has 0 amide bonds. The minimum absolute atomic E-state index is 0. The third-order valence-electron chi connectivity index (χ3n) is 8.54. The summed E-state index contributed by atoms with van der Waals surface area (Å²) in [7, 11) is 0. The Labute approximate surface area is 276 Å². The van der Waals surface area contributed by atoms with E-state index in [2.05, 4.69) is 151 Å². The van der Waals surface area contributed by atoms with Crippen LogP contribution in [0.25, 0.3) is 0 Å². The highest BCUT2D eigenvalue weighted by molar-refractivity contribution is 5.59. The number of hydrogen-bond acceptors (Lipinski definition) is 6. The quantitative estimate of drug-likeness (QED) is 0.101. The second kappa shape index (κ2) is 16.8. The zero-order valence-corrected chi connectivity index (χ0v) is 29.3. The summed E-state index contributed by atoms with van der Waals surface area (Å²) < 4.78 is 8.48. The van der Waals surface area contributed by atoms with Crippen molar-refractivity contribution in [3.63, 3.8) is 0 Å². The van der Waals surface area contributed by atoms with Gasteiger partial charge in [0.2, 0.25) is 0 Å². The van der Waals surface area contributed by atoms with Crippen molar-refractivity contribution in [2.45, 2.75) is 80.6 Å². The van der Waals surface area contributed by atoms with E-state index in [4.69, 9.17) is 0 Å². The maximum absolute atomic E-state index is 4.63. The van der Waals surface area contributed by atoms with Crippen LogP contribution in [0.4, 0.5) is 34.6 Å². The summed E-state index contributed by atoms with van der Waals surface area (Å²) in [5.74, 6) is 1.77. The Balaban J connectivity index is 0.00000288. The maximum atomic E-state index is 4.63. The van der Waals surface area contributed by atoms with Crippen molar-refractivity contribution in [2.24, 2.45) is 20.5 Å². The Bertz CT molecular complexity index is 1440. The van der Waals surface area contributed by atoms with Gasteiger partial charge < -0.3 is 24.7 Å². The second-order valence-corrected chi connectivity index (χ2v) is 11.4. The lowest BCUT2D eigenvalue weighted by Crippen LogP contribution is -2.36. The van der Waals surface area contributed by atoms with Crippen LogP contribution in [0.15, 0.2) is 81.6 Å². The number of aromatic nitrogens is 4. The lowest BCUT2D eigenvalue weighted by atomic mass is 10.1. The van der Waals surface area contributed by atoms with Crippen molar-refractivity contribution in [3.8, 4) is 0 Å². The number of aryl methyl sites for hydroxylation is 6. The topological polar surface area (TPSA) is 73.5 Å². The van der Waals surface area contributed by atoms with Crippen LogP contribution in [-0.2, 0) is 26.2 Å². The predicted molar refractivity (Wildman–Crippen MR) is 189 cm³/mol. The van der Waals surface area contributed by atoms with Gasteiger partial charge in [0.25, 0.3) is 0 Å². The molecule has 46 heavy (non-hydrogen) atoms. The van der Waals surface area contributed by atoms with E-state index in [-0.39, 0.29) is 14.9 Å². The molecular weight excluding hydrogens is 572 g/mol. The first-order chi connectivity index (χ1) is 21.4. The van der Waals surface area contributed by atoms with E-state index in [1.807, 2.05) is 0 Å². The Morgan fingerprint density at radius 2 is 0.978 bits per heavy atom. The lowest BCUT2D eigenvalue weighted by Gasteiger charge is -2.33. The molecule has 2 aromatic carbocycles. The van der Waals surface area contributed by atoms with Gasteiger partial charge in [-0.05, 0) is 102 Å². The second-order valence-electron chi connectivity index (χ2n) is 11.4. The van der Waals surface area contributed by atoms with Crippen molar-refractivity contribution in [3.05, 3.63) is 87.2 Å². The van der Waals surface area contributed by atoms with Crippen molar-refractivity contribution in [2.75, 3.05) is 36.0 Å². The van der Waals surface area contributed by atoms with Crippen LogP contribution in [0, 0.1) is 28.7 Å². The molecule has 4 aromatic rings. The Morgan fingerprint density at radius 1 is 0.587 bits per heavy atom. The zero-order chi connectivity index (χ0) is 31.1. The molecule has 0 bridgehead atoms. The predicted octanol–water partition coefficient (Wildman–Crippen LogP) is 8.40. The van der Waals surface area contributed by atoms with E-state index >= 15 is 0 Å². The molecule has 0 atom stereocenters. The number of benzene rings is 2. The molecule has 1 aliphatic heterocycles. The molecule has 2 aromatic heterocycles. The van der Waals surface area contributed by atoms with E-state index in [1.54, 1.807) is 0 Å². The number of rotatable bonds is 10. The molecule has 0 unspecified atom stereocenters. The van der Waals surface area contributed by atoms with Crippen LogP contribution < -0.4 is 18.9 Å². The summed E-state index contributed by atoms with van der Waals surface area (Å²) in [6, 6.07) is 13.1. The number of imidazole rings is 2. The van der Waals surface area contributed by atoms with E-state index in [0.717, 1.165) is 99.6 Å². The van der Waals surface area contributed by atoms with Crippen LogP contribution in [0.3, 0.4) is 0 Å². The van der Waals surface area contributed by atoms with Crippen molar-refractivity contribution in [1.82, 2.24) is 9.13 Å². The molecule has 0 aliphatic carbocycles. The van der Waals surface area contributed by atoms with E-state index in [1.165, 1.54) is 11.4 Å². The molecule has 0 N–H and O–H groups in total. The minimum Gasteiger partial charge on any atom is -0.371 e. The first-order valence-electron chi connectivity index (χ1n) is 16.2. The molecule has 1 aliphatic rings. The van der Waals surface area contributed by atoms with Crippen molar-refractivity contribution >= 4 is 34.6 Å². The van der Waals surface area contributed by atoms with E-state index in [9.17, 15) is 0 Å². The molecular formula is C36H54N10. The van der Waals surface area contributed by atoms with Crippen molar-refractivity contribution in [1.29, 1.82) is 0 Å². The highest BCUT2D eigenvalue weighted by Crippen LogP contribution is 2.29. The fourth-order valence-corrected chi connectivity index (χ4v) is 5.87. The van der Waals surface area contributed by atoms with Gasteiger partial charge in [-0.2, -0.15) is 0 Å². The summed E-state index contributed by atoms with van der Waals surface area (Å²) in [6.07, 6.45) is 10.4. The maximum Gasteiger partial charge on any atom is 0.421 e. The van der Waals surface area contributed by atoms with Gasteiger partial charge in [0.15, 0.2) is 0 Å². The molecule has 1 saturated heterocycles. The number of nitrogens with zero attached hydrogens (tertiary/aromatic N) is 10. The normalized spacial score (nSPS) is 14.0. The molecule has 3 heterocycles. The first-order valence-corrected chi connectivity index (χ1v) is 16.2. The van der Waals surface area contributed by atoms with Gasteiger partial charge in [0.1, 0.15) is 11.4 Å². The standard InChI is InChI=1S/C34H48N10.2CH3/c1-7-39-21-22-40(8-2)33(39)37-35-31-15-13-29(25-27(31)5)43-17-11-19-44(20-12-18-43)30-14-16-32(28(6)26-30)36-38-34-41(9-3)23-24-42(34)10-4;;/h13-16,21-26H,7-12,17-20H2,1-6H3;2*1H3/q+2;2*-1.